The van der Waals surface area contributed by atoms with E-state index in [1.54, 1.807) is 0 Å². The second-order valence-electron chi connectivity index (χ2n) is 17.3. The van der Waals surface area contributed by atoms with Crippen LogP contribution in [0.2, 0.25) is 0 Å². The largest absolute Gasteiger partial charge is 0.478 e. The summed E-state index contributed by atoms with van der Waals surface area (Å²) in [6.45, 7) is 1.46. The maximum absolute atomic E-state index is 13.1. The SMILES string of the molecule is O=C(CCCCCNc1ccc([N+](=O)[O-])cc1[N+](=O)[O-])NCCCCCC(=O)NC(CCCCNC(=O)CCCCCNC(=O)CCCCC1SC[C@@H]2NC(=O)N[C@H]12)(C(=O)O)N1C(=O)CCC1=O. The maximum atomic E-state index is 13.1. The van der Waals surface area contributed by atoms with Gasteiger partial charge in [0.15, 0.2) is 0 Å². The van der Waals surface area contributed by atoms with E-state index < -0.39 is 44.9 Å². The number of likely N-dealkylation sites (tertiary alicyclic amines) is 1. The molecule has 0 bridgehead atoms. The Labute approximate surface area is 398 Å². The fraction of sp³-hybridized carbons (Fsp3) is 0.682. The van der Waals surface area contributed by atoms with Crippen molar-refractivity contribution < 1.29 is 53.3 Å². The Morgan fingerprint density at radius 3 is 1.76 bits per heavy atom. The minimum absolute atomic E-state index is 0.00474. The average Bonchev–Trinajstić information content (AvgIpc) is 3.97. The zero-order valence-corrected chi connectivity index (χ0v) is 39.3. The Hall–Kier alpha value is -6.07. The molecule has 3 aliphatic heterocycles. The Kier molecular flexibility index (Phi) is 22.7. The van der Waals surface area contributed by atoms with Gasteiger partial charge < -0.3 is 42.3 Å². The topological polar surface area (TPSA) is 331 Å². The molecule has 1 aromatic rings. The van der Waals surface area contributed by atoms with Crippen LogP contribution in [0.4, 0.5) is 21.9 Å². The average molecular weight is 975 g/mol. The number of nitro groups is 2. The number of non-ortho nitro benzene ring substituents is 1. The van der Waals surface area contributed by atoms with Gasteiger partial charge >= 0.3 is 12.0 Å². The van der Waals surface area contributed by atoms with E-state index in [0.717, 1.165) is 43.9 Å². The molecule has 8 N–H and O–H groups in total. The van der Waals surface area contributed by atoms with E-state index in [9.17, 15) is 63.7 Å². The van der Waals surface area contributed by atoms with Gasteiger partial charge in [-0.2, -0.15) is 11.8 Å². The molecule has 1 aromatic carbocycles. The summed E-state index contributed by atoms with van der Waals surface area (Å²) in [7, 11) is 0. The van der Waals surface area contributed by atoms with Crippen LogP contribution in [0, 0.1) is 20.2 Å². The van der Waals surface area contributed by atoms with Gasteiger partial charge in [-0.05, 0) is 70.3 Å². The zero-order valence-electron chi connectivity index (χ0n) is 38.4. The van der Waals surface area contributed by atoms with Crippen LogP contribution in [0.5, 0.6) is 0 Å². The number of anilines is 1. The fourth-order valence-corrected chi connectivity index (χ4v) is 9.97. The van der Waals surface area contributed by atoms with Crippen molar-refractivity contribution in [2.75, 3.05) is 37.2 Å². The van der Waals surface area contributed by atoms with Crippen molar-refractivity contribution in [2.24, 2.45) is 0 Å². The maximum Gasteiger partial charge on any atom is 0.351 e. The van der Waals surface area contributed by atoms with Crippen LogP contribution in [0.25, 0.3) is 0 Å². The standard InChI is InChI=1S/C44H66N10O13S/c55-35(15-4-1-10-24-45-31-20-19-30(53(64)65)28-33(31)54(66)67)46-26-12-3-6-18-38(58)51-44(42(61)62,52-39(59)21-22-40(52)60)23-9-13-27-48-36(56)16-5-2-11-25-47-37(57)17-8-7-14-34-41-32(29-68-34)49-43(63)50-41/h19-20,28,32,34,41,45H,1-18,21-27,29H2,(H,46,55)(H,47,57)(H,48,56)(H,51,58)(H,61,62)(H2,49,50,63)/t32-,34?,41-,44?/m0/s1. The number of carbonyl (C=O) groups is 8. The minimum atomic E-state index is -2.28. The number of carboxylic acids is 1. The number of thioether (sulfide) groups is 1. The number of urea groups is 1. The molecule has 68 heavy (non-hydrogen) atoms. The Morgan fingerprint density at radius 2 is 1.22 bits per heavy atom. The third kappa shape index (κ3) is 17.5. The molecule has 0 saturated carbocycles. The number of imide groups is 1. The molecule has 3 aliphatic rings. The highest BCUT2D eigenvalue weighted by Crippen LogP contribution is 2.33. The molecule has 0 aromatic heterocycles. The first-order valence-electron chi connectivity index (χ1n) is 23.7. The quantitative estimate of drug-likeness (QED) is 0.0160. The summed E-state index contributed by atoms with van der Waals surface area (Å²) in [5.41, 5.74) is -2.89. The first-order valence-corrected chi connectivity index (χ1v) is 24.7. The summed E-state index contributed by atoms with van der Waals surface area (Å²) in [5, 5.41) is 52.8. The number of nitrogens with zero attached hydrogens (tertiary/aromatic N) is 3. The second kappa shape index (κ2) is 28.3. The Balaban J connectivity index is 1.03. The van der Waals surface area contributed by atoms with E-state index in [1.807, 2.05) is 11.8 Å². The van der Waals surface area contributed by atoms with Gasteiger partial charge in [0.2, 0.25) is 41.1 Å². The number of rotatable bonds is 34. The summed E-state index contributed by atoms with van der Waals surface area (Å²) < 4.78 is 0. The molecule has 376 valence electrons. The number of nitro benzene ring substituents is 2. The fourth-order valence-electron chi connectivity index (χ4n) is 8.43. The van der Waals surface area contributed by atoms with Gasteiger partial charge in [-0.25, -0.2) is 14.5 Å². The van der Waals surface area contributed by atoms with Crippen molar-refractivity contribution in [3.05, 3.63) is 38.4 Å². The van der Waals surface area contributed by atoms with E-state index in [1.165, 1.54) is 12.1 Å². The van der Waals surface area contributed by atoms with E-state index in [4.69, 9.17) is 0 Å². The number of nitrogens with one attached hydrogen (secondary N) is 7. The van der Waals surface area contributed by atoms with Crippen molar-refractivity contribution in [1.82, 2.24) is 36.8 Å². The molecule has 23 nitrogen and oxygen atoms in total. The summed E-state index contributed by atoms with van der Waals surface area (Å²) in [4.78, 5) is 121. The number of carboxylic acid groups (broad SMARTS) is 1. The van der Waals surface area contributed by atoms with Crippen LogP contribution in [0.3, 0.4) is 0 Å². The Bertz CT molecular complexity index is 1960. The lowest BCUT2D eigenvalue weighted by molar-refractivity contribution is -0.393. The van der Waals surface area contributed by atoms with Gasteiger partial charge in [0.25, 0.3) is 11.4 Å². The molecule has 24 heteroatoms. The van der Waals surface area contributed by atoms with Crippen LogP contribution in [-0.4, -0.2) is 122 Å². The number of aliphatic carboxylic acids is 1. The molecule has 3 saturated heterocycles. The zero-order chi connectivity index (χ0) is 49.5. The van der Waals surface area contributed by atoms with E-state index >= 15 is 0 Å². The van der Waals surface area contributed by atoms with Gasteiger partial charge in [-0.15, -0.1) is 0 Å². The second-order valence-corrected chi connectivity index (χ2v) is 18.6. The molecule has 0 spiro atoms. The summed E-state index contributed by atoms with van der Waals surface area (Å²) in [6, 6.07) is 3.61. The van der Waals surface area contributed by atoms with Crippen molar-refractivity contribution in [1.29, 1.82) is 0 Å². The lowest BCUT2D eigenvalue weighted by Gasteiger charge is -2.37. The van der Waals surface area contributed by atoms with Gasteiger partial charge in [0.05, 0.1) is 28.0 Å². The van der Waals surface area contributed by atoms with Crippen LogP contribution >= 0.6 is 11.8 Å². The molecule has 2 unspecified atom stereocenters. The summed E-state index contributed by atoms with van der Waals surface area (Å²) in [5.74, 6) is -3.03. The molecule has 3 fully saturated rings. The smallest absolute Gasteiger partial charge is 0.351 e. The predicted octanol–water partition coefficient (Wildman–Crippen LogP) is 3.89. The molecular weight excluding hydrogens is 909 g/mol. The van der Waals surface area contributed by atoms with Crippen molar-refractivity contribution in [3.8, 4) is 0 Å². The summed E-state index contributed by atoms with van der Waals surface area (Å²) >= 11 is 1.86. The van der Waals surface area contributed by atoms with E-state index in [0.29, 0.717) is 87.6 Å². The first kappa shape index (κ1) is 54.5. The number of fused-ring (bicyclic) bond motifs is 1. The predicted molar refractivity (Wildman–Crippen MR) is 250 cm³/mol. The van der Waals surface area contributed by atoms with Crippen molar-refractivity contribution in [2.45, 2.75) is 158 Å². The highest BCUT2D eigenvalue weighted by Gasteiger charge is 2.52. The molecule has 8 amide bonds. The van der Waals surface area contributed by atoms with Gasteiger partial charge in [-0.3, -0.25) is 49.0 Å². The van der Waals surface area contributed by atoms with Gasteiger partial charge in [0.1, 0.15) is 5.69 Å². The van der Waals surface area contributed by atoms with Gasteiger partial charge in [0, 0.05) is 88.2 Å². The van der Waals surface area contributed by atoms with Gasteiger partial charge in [-0.1, -0.05) is 25.7 Å². The van der Waals surface area contributed by atoms with Crippen LogP contribution in [0.1, 0.15) is 135 Å². The molecule has 4 atom stereocenters. The first-order chi connectivity index (χ1) is 32.6. The lowest BCUT2D eigenvalue weighted by atomic mass is 9.99. The number of hydrogen-bond donors (Lipinski definition) is 8. The van der Waals surface area contributed by atoms with Crippen LogP contribution < -0.4 is 37.2 Å². The molecular formula is C44H66N10O13S. The number of hydrogen-bond acceptors (Lipinski definition) is 14. The van der Waals surface area contributed by atoms with Crippen LogP contribution in [-0.2, 0) is 33.6 Å². The molecule has 3 heterocycles. The normalized spacial score (nSPS) is 18.2. The molecule has 0 radical (unpaired) electrons. The van der Waals surface area contributed by atoms with Crippen LogP contribution in [0.15, 0.2) is 18.2 Å². The van der Waals surface area contributed by atoms with E-state index in [-0.39, 0.29) is 98.7 Å². The molecule has 4 rings (SSSR count). The van der Waals surface area contributed by atoms with Crippen molar-refractivity contribution >= 4 is 76.3 Å². The number of amides is 8. The lowest BCUT2D eigenvalue weighted by Crippen LogP contribution is -2.67. The summed E-state index contributed by atoms with van der Waals surface area (Å²) in [6.07, 6.45) is 8.74. The highest BCUT2D eigenvalue weighted by atomic mass is 32.2. The monoisotopic (exact) mass is 974 g/mol. The number of carbonyl (C=O) groups excluding carboxylic acids is 7. The highest BCUT2D eigenvalue weighted by molar-refractivity contribution is 8.00. The third-order valence-corrected chi connectivity index (χ3v) is 13.6. The molecule has 0 aliphatic carbocycles. The minimum Gasteiger partial charge on any atom is -0.478 e. The number of benzene rings is 1. The number of unbranched alkanes of at least 4 members (excludes halogenated alkanes) is 8. The van der Waals surface area contributed by atoms with Crippen molar-refractivity contribution in [3.63, 3.8) is 0 Å². The Morgan fingerprint density at radius 1 is 0.691 bits per heavy atom. The third-order valence-electron chi connectivity index (χ3n) is 12.1. The van der Waals surface area contributed by atoms with E-state index in [2.05, 4.69) is 37.2 Å².